The molecule has 0 aliphatic carbocycles. The van der Waals surface area contributed by atoms with E-state index in [-0.39, 0.29) is 24.5 Å². The lowest BCUT2D eigenvalue weighted by Gasteiger charge is -2.28. The van der Waals surface area contributed by atoms with Crippen molar-refractivity contribution in [1.82, 2.24) is 15.0 Å². The zero-order chi connectivity index (χ0) is 28.9. The summed E-state index contributed by atoms with van der Waals surface area (Å²) in [7, 11) is 1.24. The summed E-state index contributed by atoms with van der Waals surface area (Å²) in [5.41, 5.74) is 4.29. The van der Waals surface area contributed by atoms with E-state index in [0.29, 0.717) is 27.2 Å². The van der Waals surface area contributed by atoms with E-state index >= 15 is 0 Å². The van der Waals surface area contributed by atoms with Crippen molar-refractivity contribution in [3.05, 3.63) is 119 Å². The lowest BCUT2D eigenvalue weighted by atomic mass is 10.0. The fourth-order valence-corrected chi connectivity index (χ4v) is 4.47. The van der Waals surface area contributed by atoms with Gasteiger partial charge in [0.1, 0.15) is 17.6 Å². The number of aromatic nitrogens is 2. The number of hydrogen-bond donors (Lipinski definition) is 2. The maximum absolute atomic E-state index is 13.6. The molecule has 5 aromatic rings. The van der Waals surface area contributed by atoms with Crippen LogP contribution < -0.4 is 0 Å². The number of carbonyl (C=O) groups is 2. The van der Waals surface area contributed by atoms with Crippen LogP contribution >= 0.6 is 11.6 Å². The van der Waals surface area contributed by atoms with Crippen molar-refractivity contribution < 1.29 is 28.7 Å². The van der Waals surface area contributed by atoms with Gasteiger partial charge in [0.25, 0.3) is 0 Å². The van der Waals surface area contributed by atoms with Crippen LogP contribution in [0.4, 0.5) is 4.39 Å². The Morgan fingerprint density at radius 1 is 0.951 bits per heavy atom. The van der Waals surface area contributed by atoms with E-state index in [1.807, 2.05) is 24.3 Å². The van der Waals surface area contributed by atoms with Gasteiger partial charge in [0.15, 0.2) is 0 Å². The Bertz CT molecular complexity index is 1670. The van der Waals surface area contributed by atoms with Crippen molar-refractivity contribution >= 4 is 34.6 Å². The molecule has 8 nitrogen and oxygen atoms in total. The third kappa shape index (κ3) is 6.71. The molecular formula is C31H25ClFN3O5. The number of rotatable bonds is 9. The normalized spacial score (nSPS) is 11.9. The van der Waals surface area contributed by atoms with Crippen molar-refractivity contribution in [2.24, 2.45) is 0 Å². The molecule has 10 heteroatoms. The number of phenolic OH excluding ortho intramolecular Hbond substituents is 1. The van der Waals surface area contributed by atoms with Gasteiger partial charge in [0.2, 0.25) is 5.82 Å². The van der Waals surface area contributed by atoms with Crippen molar-refractivity contribution in [1.29, 1.82) is 0 Å². The van der Waals surface area contributed by atoms with Gasteiger partial charge in [0.05, 0.1) is 24.7 Å². The minimum Gasteiger partial charge on any atom is -0.508 e. The largest absolute Gasteiger partial charge is 0.508 e. The topological polar surface area (TPSA) is 105 Å². The molecule has 0 bridgehead atoms. The molecule has 0 amide bonds. The number of phenols is 1. The molecule has 208 valence electrons. The second kappa shape index (κ2) is 12.2. The highest BCUT2D eigenvalue weighted by molar-refractivity contribution is 6.30. The molecule has 0 spiro atoms. The number of fused-ring (bicyclic) bond motifs is 1. The zero-order valence-corrected chi connectivity index (χ0v) is 22.6. The van der Waals surface area contributed by atoms with Gasteiger partial charge in [-0.1, -0.05) is 54.1 Å². The number of hydrogen-bond acceptors (Lipinski definition) is 7. The van der Waals surface area contributed by atoms with Crippen LogP contribution in [0, 0.1) is 5.82 Å². The number of ether oxygens (including phenoxy) is 1. The average molecular weight is 574 g/mol. The Kier molecular flexibility index (Phi) is 8.28. The molecule has 1 aromatic heterocycles. The third-order valence-electron chi connectivity index (χ3n) is 6.49. The summed E-state index contributed by atoms with van der Waals surface area (Å²) in [6, 6.07) is 23.8. The van der Waals surface area contributed by atoms with Crippen molar-refractivity contribution in [3.63, 3.8) is 0 Å². The third-order valence-corrected chi connectivity index (χ3v) is 6.74. The van der Waals surface area contributed by atoms with Gasteiger partial charge >= 0.3 is 11.9 Å². The maximum Gasteiger partial charge on any atom is 0.393 e. The highest BCUT2D eigenvalue weighted by Gasteiger charge is 2.32. The average Bonchev–Trinajstić information content (AvgIpc) is 3.41. The van der Waals surface area contributed by atoms with Crippen LogP contribution in [0.3, 0.4) is 0 Å². The number of methoxy groups -OCH3 is 1. The van der Waals surface area contributed by atoms with Gasteiger partial charge in [-0.2, -0.15) is 0 Å². The maximum atomic E-state index is 13.6. The second-order valence-corrected chi connectivity index (χ2v) is 9.75. The van der Waals surface area contributed by atoms with Crippen LogP contribution in [0.2, 0.25) is 5.02 Å². The molecular weight excluding hydrogens is 549 g/mol. The fourth-order valence-electron chi connectivity index (χ4n) is 4.35. The van der Waals surface area contributed by atoms with Crippen LogP contribution in [0.5, 0.6) is 5.75 Å². The lowest BCUT2D eigenvalue weighted by Crippen LogP contribution is -2.44. The predicted molar refractivity (Wildman–Crippen MR) is 152 cm³/mol. The van der Waals surface area contributed by atoms with E-state index < -0.39 is 23.8 Å². The Morgan fingerprint density at radius 3 is 2.29 bits per heavy atom. The number of H-pyrrole nitrogens is 1. The number of hydroxylamine groups is 2. The van der Waals surface area contributed by atoms with Crippen LogP contribution in [0.15, 0.2) is 91.0 Å². The number of halogens is 2. The molecule has 2 N–H and O–H groups in total. The molecule has 0 aliphatic heterocycles. The summed E-state index contributed by atoms with van der Waals surface area (Å²) in [4.78, 5) is 39.4. The summed E-state index contributed by atoms with van der Waals surface area (Å²) >= 11 is 6.01. The number of benzene rings is 4. The molecule has 1 heterocycles. The molecule has 0 saturated heterocycles. The summed E-state index contributed by atoms with van der Waals surface area (Å²) in [5.74, 6) is -1.89. The number of nitrogens with zero attached hydrogens (tertiary/aromatic N) is 2. The van der Waals surface area contributed by atoms with Gasteiger partial charge in [-0.3, -0.25) is 4.79 Å². The molecule has 4 aromatic carbocycles. The minimum absolute atomic E-state index is 0.0369. The molecule has 41 heavy (non-hydrogen) atoms. The number of carbonyl (C=O) groups excluding carboxylic acids is 2. The number of aromatic amines is 1. The van der Waals surface area contributed by atoms with Crippen molar-refractivity contribution in [2.45, 2.75) is 19.0 Å². The van der Waals surface area contributed by atoms with Crippen LogP contribution in [0.25, 0.3) is 22.2 Å². The first-order valence-electron chi connectivity index (χ1n) is 12.6. The van der Waals surface area contributed by atoms with Crippen molar-refractivity contribution in [2.75, 3.05) is 7.11 Å². The highest BCUT2D eigenvalue weighted by Crippen LogP contribution is 2.25. The first kappa shape index (κ1) is 27.8. The summed E-state index contributed by atoms with van der Waals surface area (Å²) in [6.45, 7) is -0.0369. The Hall–Kier alpha value is -4.73. The van der Waals surface area contributed by atoms with Crippen LogP contribution in [-0.4, -0.2) is 45.2 Å². The number of imidazole rings is 1. The Labute approximate surface area is 239 Å². The molecule has 0 fully saturated rings. The van der Waals surface area contributed by atoms with E-state index in [0.717, 1.165) is 11.1 Å². The number of nitrogens with one attached hydrogen (secondary N) is 1. The fraction of sp³-hybridized carbons (Fsp3) is 0.129. The quantitative estimate of drug-likeness (QED) is 0.162. The molecule has 1 atom stereocenters. The van der Waals surface area contributed by atoms with E-state index in [1.165, 1.54) is 48.6 Å². The summed E-state index contributed by atoms with van der Waals surface area (Å²) in [5, 5.41) is 11.5. The van der Waals surface area contributed by atoms with E-state index in [1.54, 1.807) is 30.3 Å². The minimum atomic E-state index is -1.06. The van der Waals surface area contributed by atoms with Gasteiger partial charge in [-0.05, 0) is 70.8 Å². The number of aromatic hydroxyl groups is 1. The first-order valence-corrected chi connectivity index (χ1v) is 13.0. The SMILES string of the molecule is COC(=O)[C@H](Cc1ccc(O)cc1)N(Cc1ccc(F)cc1)OC(=O)c1nc2ccc(-c3ccc(Cl)cc3)cc2[nH]1. The molecule has 0 unspecified atom stereocenters. The lowest BCUT2D eigenvalue weighted by molar-refractivity contribution is -0.177. The molecule has 0 radical (unpaired) electrons. The Balaban J connectivity index is 1.44. The zero-order valence-electron chi connectivity index (χ0n) is 21.9. The standard InChI is InChI=1S/C31H25ClFN3O5/c1-40-30(38)28(16-19-4-13-25(37)14-5-19)36(18-20-2-11-24(33)12-3-20)41-31(39)29-34-26-15-8-22(17-27(26)35-29)21-6-9-23(32)10-7-21/h2-15,17,28,37H,16,18H2,1H3,(H,34,35)/t28-/m0/s1. The smallest absolute Gasteiger partial charge is 0.393 e. The summed E-state index contributed by atoms with van der Waals surface area (Å²) < 4.78 is 18.6. The first-order chi connectivity index (χ1) is 19.8. The summed E-state index contributed by atoms with van der Waals surface area (Å²) in [6.07, 6.45) is 0.103. The van der Waals surface area contributed by atoms with Gasteiger partial charge in [-0.25, -0.2) is 14.2 Å². The highest BCUT2D eigenvalue weighted by atomic mass is 35.5. The van der Waals surface area contributed by atoms with E-state index in [2.05, 4.69) is 9.97 Å². The molecule has 0 aliphatic rings. The van der Waals surface area contributed by atoms with Gasteiger partial charge in [0, 0.05) is 11.4 Å². The van der Waals surface area contributed by atoms with Gasteiger partial charge < -0.3 is 19.7 Å². The van der Waals surface area contributed by atoms with E-state index in [9.17, 15) is 19.1 Å². The Morgan fingerprint density at radius 2 is 1.61 bits per heavy atom. The van der Waals surface area contributed by atoms with Crippen LogP contribution in [-0.2, 0) is 27.3 Å². The second-order valence-electron chi connectivity index (χ2n) is 9.31. The molecule has 5 rings (SSSR count). The predicted octanol–water partition coefficient (Wildman–Crippen LogP) is 6.09. The van der Waals surface area contributed by atoms with E-state index in [4.69, 9.17) is 21.2 Å². The van der Waals surface area contributed by atoms with Crippen molar-refractivity contribution in [3.8, 4) is 16.9 Å². The number of esters is 1. The monoisotopic (exact) mass is 573 g/mol. The van der Waals surface area contributed by atoms with Gasteiger partial charge in [-0.15, -0.1) is 5.06 Å². The molecule has 0 saturated carbocycles. The van der Waals surface area contributed by atoms with Crippen LogP contribution in [0.1, 0.15) is 21.7 Å².